The molecule has 162 valence electrons. The fourth-order valence-corrected chi connectivity index (χ4v) is 3.90. The smallest absolute Gasteiger partial charge is 0.248 e. The van der Waals surface area contributed by atoms with Gasteiger partial charge in [0.25, 0.3) is 0 Å². The number of anilines is 1. The largest absolute Gasteiger partial charge is 0.496 e. The quantitative estimate of drug-likeness (QED) is 0.358. The topological polar surface area (TPSA) is 60.7 Å². The van der Waals surface area contributed by atoms with E-state index in [4.69, 9.17) is 13.9 Å². The number of amides is 1. The molecular weight excluding hydrogens is 402 g/mol. The molecule has 4 aromatic rings. The Morgan fingerprint density at radius 1 is 1.00 bits per heavy atom. The maximum atomic E-state index is 12.7. The number of rotatable bonds is 6. The molecule has 0 atom stereocenters. The number of allylic oxidation sites excluding steroid dienone is 1. The predicted molar refractivity (Wildman–Crippen MR) is 128 cm³/mol. The van der Waals surface area contributed by atoms with Gasteiger partial charge in [-0.1, -0.05) is 42.5 Å². The number of nitrogens with one attached hydrogen (secondary N) is 1. The van der Waals surface area contributed by atoms with E-state index in [1.807, 2.05) is 62.4 Å². The fraction of sp³-hybridized carbons (Fsp3) is 0.148. The van der Waals surface area contributed by atoms with E-state index in [0.29, 0.717) is 17.2 Å². The summed E-state index contributed by atoms with van der Waals surface area (Å²) in [5.74, 6) is 1.04. The summed E-state index contributed by atoms with van der Waals surface area (Å²) in [7, 11) is 3.20. The van der Waals surface area contributed by atoms with Gasteiger partial charge >= 0.3 is 0 Å². The molecule has 3 aromatic carbocycles. The molecule has 1 heterocycles. The highest BCUT2D eigenvalue weighted by Crippen LogP contribution is 2.40. The Morgan fingerprint density at radius 2 is 1.72 bits per heavy atom. The monoisotopic (exact) mass is 427 g/mol. The first-order valence-corrected chi connectivity index (χ1v) is 10.3. The second kappa shape index (κ2) is 9.02. The minimum absolute atomic E-state index is 0.248. The van der Waals surface area contributed by atoms with Gasteiger partial charge in [-0.05, 0) is 43.2 Å². The zero-order valence-electron chi connectivity index (χ0n) is 18.6. The lowest BCUT2D eigenvalue weighted by Gasteiger charge is -2.14. The van der Waals surface area contributed by atoms with Gasteiger partial charge in [0.15, 0.2) is 0 Å². The van der Waals surface area contributed by atoms with E-state index in [1.165, 1.54) is 0 Å². The van der Waals surface area contributed by atoms with Crippen molar-refractivity contribution in [2.24, 2.45) is 0 Å². The van der Waals surface area contributed by atoms with Crippen molar-refractivity contribution in [2.75, 3.05) is 19.5 Å². The van der Waals surface area contributed by atoms with Crippen LogP contribution in [0.1, 0.15) is 18.1 Å². The van der Waals surface area contributed by atoms with Crippen LogP contribution < -0.4 is 14.8 Å². The molecule has 5 nitrogen and oxygen atoms in total. The Kier molecular flexibility index (Phi) is 5.99. The van der Waals surface area contributed by atoms with Gasteiger partial charge in [0.1, 0.15) is 17.1 Å². The minimum Gasteiger partial charge on any atom is -0.496 e. The van der Waals surface area contributed by atoms with Crippen LogP contribution in [-0.2, 0) is 4.79 Å². The summed E-state index contributed by atoms with van der Waals surface area (Å²) in [5, 5.41) is 3.86. The van der Waals surface area contributed by atoms with Gasteiger partial charge < -0.3 is 19.2 Å². The average Bonchev–Trinajstić information content (AvgIpc) is 3.24. The molecule has 0 aliphatic rings. The molecule has 0 bridgehead atoms. The minimum atomic E-state index is -0.248. The molecule has 1 N–H and O–H groups in total. The standard InChI is InChI=1S/C27H25NO4/c1-17(14-25(29)28-23-12-8-9-13-24(23)30-3)20-15-21-22(19-10-6-5-7-11-19)16-32-27(21)18(2)26(20)31-4/h5-16H,1-4H3,(H,28,29)/b17-14+. The third-order valence-electron chi connectivity index (χ3n) is 5.47. The number of furan rings is 1. The van der Waals surface area contributed by atoms with E-state index < -0.39 is 0 Å². The first-order chi connectivity index (χ1) is 15.5. The van der Waals surface area contributed by atoms with Gasteiger partial charge in [0, 0.05) is 28.2 Å². The lowest BCUT2D eigenvalue weighted by Crippen LogP contribution is -2.09. The first-order valence-electron chi connectivity index (χ1n) is 10.3. The van der Waals surface area contributed by atoms with E-state index in [0.717, 1.165) is 38.8 Å². The Labute approximate surface area is 187 Å². The normalized spacial score (nSPS) is 11.4. The predicted octanol–water partition coefficient (Wildman–Crippen LogP) is 6.47. The van der Waals surface area contributed by atoms with Gasteiger partial charge in [-0.25, -0.2) is 0 Å². The van der Waals surface area contributed by atoms with Gasteiger partial charge in [-0.15, -0.1) is 0 Å². The van der Waals surface area contributed by atoms with Crippen molar-refractivity contribution < 1.29 is 18.7 Å². The number of ether oxygens (including phenoxy) is 2. The Balaban J connectivity index is 1.76. The fourth-order valence-electron chi connectivity index (χ4n) is 3.90. The lowest BCUT2D eigenvalue weighted by atomic mass is 9.96. The van der Waals surface area contributed by atoms with Crippen molar-refractivity contribution in [1.29, 1.82) is 0 Å². The molecule has 0 aliphatic carbocycles. The number of hydrogen-bond acceptors (Lipinski definition) is 4. The van der Waals surface area contributed by atoms with Gasteiger partial charge in [-0.3, -0.25) is 4.79 Å². The van der Waals surface area contributed by atoms with Crippen LogP contribution >= 0.6 is 0 Å². The highest BCUT2D eigenvalue weighted by Gasteiger charge is 2.19. The van der Waals surface area contributed by atoms with Crippen LogP contribution in [0.25, 0.3) is 27.7 Å². The lowest BCUT2D eigenvalue weighted by molar-refractivity contribution is -0.111. The van der Waals surface area contributed by atoms with Crippen LogP contribution in [-0.4, -0.2) is 20.1 Å². The van der Waals surface area contributed by atoms with E-state index in [2.05, 4.69) is 5.32 Å². The third kappa shape index (κ3) is 3.97. The summed E-state index contributed by atoms with van der Waals surface area (Å²) < 4.78 is 16.9. The molecule has 0 radical (unpaired) electrons. The summed E-state index contributed by atoms with van der Waals surface area (Å²) in [5.41, 5.74) is 5.96. The van der Waals surface area contributed by atoms with Crippen LogP contribution in [0.2, 0.25) is 0 Å². The maximum absolute atomic E-state index is 12.7. The third-order valence-corrected chi connectivity index (χ3v) is 5.47. The van der Waals surface area contributed by atoms with Crippen LogP contribution in [0.15, 0.2) is 77.4 Å². The Morgan fingerprint density at radius 3 is 2.44 bits per heavy atom. The molecule has 0 fully saturated rings. The zero-order chi connectivity index (χ0) is 22.7. The number of carbonyl (C=O) groups is 1. The summed E-state index contributed by atoms with van der Waals surface area (Å²) >= 11 is 0. The number of para-hydroxylation sites is 2. The number of fused-ring (bicyclic) bond motifs is 1. The first kappa shape index (κ1) is 21.2. The summed E-state index contributed by atoms with van der Waals surface area (Å²) in [6, 6.07) is 19.4. The molecule has 4 rings (SSSR count). The zero-order valence-corrected chi connectivity index (χ0v) is 18.6. The molecule has 0 saturated heterocycles. The molecule has 1 amide bonds. The van der Waals surface area contributed by atoms with E-state index >= 15 is 0 Å². The number of carbonyl (C=O) groups excluding carboxylic acids is 1. The van der Waals surface area contributed by atoms with Crippen molar-refractivity contribution in [3.8, 4) is 22.6 Å². The van der Waals surface area contributed by atoms with Gasteiger partial charge in [0.2, 0.25) is 5.91 Å². The van der Waals surface area contributed by atoms with E-state index in [9.17, 15) is 4.79 Å². The molecule has 5 heteroatoms. The average molecular weight is 428 g/mol. The number of aryl methyl sites for hydroxylation is 1. The number of methoxy groups -OCH3 is 2. The SMILES string of the molecule is COc1ccccc1NC(=O)/C=C(\C)c1cc2c(-c3ccccc3)coc2c(C)c1OC. The summed E-state index contributed by atoms with van der Waals surface area (Å²) in [6.07, 6.45) is 3.33. The van der Waals surface area contributed by atoms with Gasteiger partial charge in [-0.2, -0.15) is 0 Å². The molecular formula is C27H25NO4. The highest BCUT2D eigenvalue weighted by molar-refractivity contribution is 6.06. The van der Waals surface area contributed by atoms with Crippen LogP contribution in [0.5, 0.6) is 11.5 Å². The van der Waals surface area contributed by atoms with Crippen LogP contribution in [0, 0.1) is 6.92 Å². The second-order valence-electron chi connectivity index (χ2n) is 7.49. The Bertz CT molecular complexity index is 1300. The molecule has 1 aromatic heterocycles. The molecule has 0 aliphatic heterocycles. The van der Waals surface area contributed by atoms with Crippen molar-refractivity contribution in [2.45, 2.75) is 13.8 Å². The van der Waals surface area contributed by atoms with Crippen molar-refractivity contribution in [1.82, 2.24) is 0 Å². The van der Waals surface area contributed by atoms with Crippen LogP contribution in [0.4, 0.5) is 5.69 Å². The highest BCUT2D eigenvalue weighted by atomic mass is 16.5. The number of hydrogen-bond donors (Lipinski definition) is 1. The maximum Gasteiger partial charge on any atom is 0.248 e. The van der Waals surface area contributed by atoms with E-state index in [1.54, 1.807) is 38.7 Å². The number of benzene rings is 3. The molecule has 32 heavy (non-hydrogen) atoms. The second-order valence-corrected chi connectivity index (χ2v) is 7.49. The van der Waals surface area contributed by atoms with Crippen molar-refractivity contribution in [3.63, 3.8) is 0 Å². The molecule has 0 saturated carbocycles. The van der Waals surface area contributed by atoms with E-state index in [-0.39, 0.29) is 5.91 Å². The molecule has 0 spiro atoms. The van der Waals surface area contributed by atoms with Crippen molar-refractivity contribution in [3.05, 3.63) is 84.1 Å². The van der Waals surface area contributed by atoms with Crippen molar-refractivity contribution >= 4 is 28.1 Å². The Hall–Kier alpha value is -3.99. The molecule has 0 unspecified atom stereocenters. The summed E-state index contributed by atoms with van der Waals surface area (Å²) in [4.78, 5) is 12.7. The summed E-state index contributed by atoms with van der Waals surface area (Å²) in [6.45, 7) is 3.86. The van der Waals surface area contributed by atoms with Crippen LogP contribution in [0.3, 0.4) is 0 Å². The van der Waals surface area contributed by atoms with Gasteiger partial charge in [0.05, 0.1) is 26.2 Å².